The number of carbonyl (C=O) groups is 2. The van der Waals surface area contributed by atoms with Gasteiger partial charge in [-0.05, 0) is 55.2 Å². The molecular weight excluding hydrogens is 454 g/mol. The van der Waals surface area contributed by atoms with Gasteiger partial charge in [-0.3, -0.25) is 9.59 Å². The zero-order valence-electron chi connectivity index (χ0n) is 20.5. The van der Waals surface area contributed by atoms with Crippen LogP contribution in [0.1, 0.15) is 55.1 Å². The first kappa shape index (κ1) is 22.7. The maximum atomic E-state index is 14.0. The molecule has 1 saturated carbocycles. The van der Waals surface area contributed by atoms with Gasteiger partial charge in [-0.15, -0.1) is 0 Å². The van der Waals surface area contributed by atoms with Crippen molar-refractivity contribution in [3.63, 3.8) is 0 Å². The van der Waals surface area contributed by atoms with Gasteiger partial charge in [-0.25, -0.2) is 0 Å². The van der Waals surface area contributed by atoms with Crippen LogP contribution >= 0.6 is 0 Å². The largest absolute Gasteiger partial charge is 0.454 e. The molecule has 1 aromatic heterocycles. The van der Waals surface area contributed by atoms with Crippen molar-refractivity contribution in [1.29, 1.82) is 0 Å². The van der Waals surface area contributed by atoms with Crippen molar-refractivity contribution >= 4 is 11.8 Å². The van der Waals surface area contributed by atoms with E-state index in [1.54, 1.807) is 4.90 Å². The van der Waals surface area contributed by atoms with Crippen LogP contribution in [0.15, 0.2) is 60.7 Å². The van der Waals surface area contributed by atoms with Crippen LogP contribution in [0.5, 0.6) is 11.5 Å². The highest BCUT2D eigenvalue weighted by atomic mass is 16.7. The predicted octanol–water partition coefficient (Wildman–Crippen LogP) is 4.75. The number of hydrogen-bond donors (Lipinski definition) is 1. The fourth-order valence-corrected chi connectivity index (χ4v) is 5.69. The molecule has 7 nitrogen and oxygen atoms in total. The lowest BCUT2D eigenvalue weighted by Crippen LogP contribution is -2.64. The average molecular weight is 486 g/mol. The molecule has 3 aromatic rings. The van der Waals surface area contributed by atoms with Gasteiger partial charge in [0.05, 0.1) is 6.54 Å². The Morgan fingerprint density at radius 3 is 2.53 bits per heavy atom. The highest BCUT2D eigenvalue weighted by Gasteiger charge is 2.48. The zero-order valence-corrected chi connectivity index (χ0v) is 20.5. The standard InChI is InChI=1S/C29H31N3O4/c1-29(28(34)30-22-10-6-3-7-11-22)18-31-23(21-8-4-2-5-9-21)13-14-24(31)27(33)32(29)17-20-12-15-25-26(16-20)36-19-35-25/h2,4-5,8-9,12-16,22H,3,6-7,10-11,17-19H2,1H3,(H,30,34). The molecule has 7 heteroatoms. The second kappa shape index (κ2) is 9.04. The Morgan fingerprint density at radius 2 is 1.72 bits per heavy atom. The Balaban J connectivity index is 1.38. The van der Waals surface area contributed by atoms with Gasteiger partial charge >= 0.3 is 0 Å². The molecule has 3 aliphatic rings. The maximum absolute atomic E-state index is 14.0. The lowest BCUT2D eigenvalue weighted by atomic mass is 9.91. The van der Waals surface area contributed by atoms with Gasteiger partial charge in [0.15, 0.2) is 11.5 Å². The third kappa shape index (κ3) is 3.92. The molecule has 6 rings (SSSR count). The van der Waals surface area contributed by atoms with E-state index >= 15 is 0 Å². The number of ether oxygens (including phenoxy) is 2. The summed E-state index contributed by atoms with van der Waals surface area (Å²) in [6.45, 7) is 2.77. The summed E-state index contributed by atoms with van der Waals surface area (Å²) in [5.41, 5.74) is 2.40. The summed E-state index contributed by atoms with van der Waals surface area (Å²) in [5, 5.41) is 3.30. The molecule has 2 amide bonds. The fraction of sp³-hybridized carbons (Fsp3) is 0.379. The quantitative estimate of drug-likeness (QED) is 0.566. The van der Waals surface area contributed by atoms with Crippen molar-refractivity contribution in [2.24, 2.45) is 0 Å². The number of hydrogen-bond acceptors (Lipinski definition) is 4. The molecule has 1 aliphatic carbocycles. The molecule has 1 atom stereocenters. The number of nitrogens with one attached hydrogen (secondary N) is 1. The third-order valence-electron chi connectivity index (χ3n) is 7.78. The summed E-state index contributed by atoms with van der Waals surface area (Å²) >= 11 is 0. The SMILES string of the molecule is CC1(C(=O)NC2CCCCC2)Cn2c(ccc2-c2ccccc2)C(=O)N1Cc1ccc2c(c1)OCO2. The Bertz CT molecular complexity index is 1300. The van der Waals surface area contributed by atoms with Crippen molar-refractivity contribution in [1.82, 2.24) is 14.8 Å². The van der Waals surface area contributed by atoms with Gasteiger partial charge in [0.25, 0.3) is 5.91 Å². The minimum absolute atomic E-state index is 0.0955. The highest BCUT2D eigenvalue weighted by Crippen LogP contribution is 2.37. The van der Waals surface area contributed by atoms with Crippen molar-refractivity contribution in [2.45, 2.75) is 63.7 Å². The number of benzene rings is 2. The topological polar surface area (TPSA) is 72.8 Å². The molecule has 1 unspecified atom stereocenters. The molecule has 1 fully saturated rings. The van der Waals surface area contributed by atoms with Crippen LogP contribution in [0, 0.1) is 0 Å². The molecule has 36 heavy (non-hydrogen) atoms. The smallest absolute Gasteiger partial charge is 0.271 e. The highest BCUT2D eigenvalue weighted by molar-refractivity contribution is 6.00. The van der Waals surface area contributed by atoms with E-state index in [0.29, 0.717) is 30.3 Å². The number of nitrogens with zero attached hydrogens (tertiary/aromatic N) is 2. The molecule has 1 N–H and O–H groups in total. The predicted molar refractivity (Wildman–Crippen MR) is 136 cm³/mol. The molecule has 2 aromatic carbocycles. The van der Waals surface area contributed by atoms with E-state index in [2.05, 4.69) is 5.32 Å². The molecular formula is C29H31N3O4. The van der Waals surface area contributed by atoms with Crippen molar-refractivity contribution in [2.75, 3.05) is 6.79 Å². The van der Waals surface area contributed by atoms with Gasteiger partial charge in [-0.1, -0.05) is 55.7 Å². The summed E-state index contributed by atoms with van der Waals surface area (Å²) in [6.07, 6.45) is 5.44. The van der Waals surface area contributed by atoms with Crippen LogP contribution in [0.4, 0.5) is 0 Å². The molecule has 0 saturated heterocycles. The van der Waals surface area contributed by atoms with Crippen LogP contribution in [0.2, 0.25) is 0 Å². The Morgan fingerprint density at radius 1 is 0.972 bits per heavy atom. The first-order valence-corrected chi connectivity index (χ1v) is 12.8. The van der Waals surface area contributed by atoms with Crippen molar-refractivity contribution in [3.05, 3.63) is 71.9 Å². The van der Waals surface area contributed by atoms with Gasteiger partial charge in [0, 0.05) is 18.3 Å². The summed E-state index contributed by atoms with van der Waals surface area (Å²) in [6, 6.07) is 19.7. The van der Waals surface area contributed by atoms with E-state index in [0.717, 1.165) is 42.5 Å². The van der Waals surface area contributed by atoms with Crippen LogP contribution in [0.25, 0.3) is 11.3 Å². The van der Waals surface area contributed by atoms with Crippen LogP contribution < -0.4 is 14.8 Å². The fourth-order valence-electron chi connectivity index (χ4n) is 5.69. The van der Waals surface area contributed by atoms with Crippen molar-refractivity contribution in [3.8, 4) is 22.8 Å². The second-order valence-electron chi connectivity index (χ2n) is 10.2. The second-order valence-corrected chi connectivity index (χ2v) is 10.2. The molecule has 0 spiro atoms. The molecule has 0 bridgehead atoms. The third-order valence-corrected chi connectivity index (χ3v) is 7.78. The lowest BCUT2D eigenvalue weighted by molar-refractivity contribution is -0.134. The first-order valence-electron chi connectivity index (χ1n) is 12.8. The van der Waals surface area contributed by atoms with E-state index in [4.69, 9.17) is 9.47 Å². The van der Waals surface area contributed by atoms with Gasteiger partial charge in [-0.2, -0.15) is 0 Å². The van der Waals surface area contributed by atoms with E-state index < -0.39 is 5.54 Å². The number of aromatic nitrogens is 1. The minimum Gasteiger partial charge on any atom is -0.454 e. The van der Waals surface area contributed by atoms with Crippen LogP contribution in [0.3, 0.4) is 0 Å². The maximum Gasteiger partial charge on any atom is 0.271 e. The molecule has 2 aliphatic heterocycles. The van der Waals surface area contributed by atoms with E-state index in [1.807, 2.05) is 72.2 Å². The molecule has 186 valence electrons. The summed E-state index contributed by atoms with van der Waals surface area (Å²) in [7, 11) is 0. The summed E-state index contributed by atoms with van der Waals surface area (Å²) in [5.74, 6) is 1.12. The van der Waals surface area contributed by atoms with Crippen molar-refractivity contribution < 1.29 is 19.1 Å². The Labute approximate surface area is 211 Å². The lowest BCUT2D eigenvalue weighted by Gasteiger charge is -2.45. The zero-order chi connectivity index (χ0) is 24.7. The van der Waals surface area contributed by atoms with E-state index in [1.165, 1.54) is 6.42 Å². The van der Waals surface area contributed by atoms with Gasteiger partial charge in [0.2, 0.25) is 12.7 Å². The monoisotopic (exact) mass is 485 g/mol. The minimum atomic E-state index is -1.06. The van der Waals surface area contributed by atoms with Gasteiger partial charge < -0.3 is 24.3 Å². The average Bonchev–Trinajstić information content (AvgIpc) is 3.54. The number of carbonyl (C=O) groups excluding carboxylic acids is 2. The Hall–Kier alpha value is -3.74. The molecule has 0 radical (unpaired) electrons. The first-order chi connectivity index (χ1) is 17.5. The van der Waals surface area contributed by atoms with E-state index in [-0.39, 0.29) is 24.6 Å². The van der Waals surface area contributed by atoms with E-state index in [9.17, 15) is 9.59 Å². The normalized spacial score (nSPS) is 21.4. The molecule has 3 heterocycles. The van der Waals surface area contributed by atoms with Crippen LogP contribution in [-0.2, 0) is 17.9 Å². The van der Waals surface area contributed by atoms with Gasteiger partial charge in [0.1, 0.15) is 11.2 Å². The summed E-state index contributed by atoms with van der Waals surface area (Å²) in [4.78, 5) is 29.6. The number of amides is 2. The van der Waals surface area contributed by atoms with Crippen LogP contribution in [-0.4, -0.2) is 39.7 Å². The number of fused-ring (bicyclic) bond motifs is 2. The summed E-state index contributed by atoms with van der Waals surface area (Å²) < 4.78 is 13.0. The number of rotatable bonds is 5. The Kier molecular flexibility index (Phi) is 5.70.